The van der Waals surface area contributed by atoms with E-state index in [2.05, 4.69) is 10.2 Å². The average molecular weight is 482 g/mol. The Hall–Kier alpha value is -3.69. The molecule has 166 valence electrons. The van der Waals surface area contributed by atoms with Crippen molar-refractivity contribution >= 4 is 50.7 Å². The van der Waals surface area contributed by atoms with Gasteiger partial charge in [-0.1, -0.05) is 47.2 Å². The van der Waals surface area contributed by atoms with Gasteiger partial charge in [-0.15, -0.1) is 10.2 Å². The van der Waals surface area contributed by atoms with Gasteiger partial charge in [-0.3, -0.25) is 14.5 Å². The number of Topliss-reactive ketones (excluding diaryl/α,β-unsaturated/α-hetero) is 1. The molecule has 0 fully saturated rings. The summed E-state index contributed by atoms with van der Waals surface area (Å²) in [6.07, 6.45) is 0. The number of aliphatic hydroxyl groups is 1. The van der Waals surface area contributed by atoms with Gasteiger partial charge in [0, 0.05) is 10.4 Å². The molecule has 1 unspecified atom stereocenters. The standard InChI is InChI=1S/C23H16ClN3O5S/c1-11-25-26-23(33-11)27-18(12-6-8-14(24)9-7-12)17(20(29)22(27)30)19(28)16-10-13-4-3-5-15(31-2)21(13)32-16/h3-10,18,29H,1-2H3. The molecule has 2 aromatic carbocycles. The number of anilines is 1. The fourth-order valence-electron chi connectivity index (χ4n) is 3.82. The van der Waals surface area contributed by atoms with Crippen LogP contribution in [0.25, 0.3) is 11.0 Å². The first-order chi connectivity index (χ1) is 15.9. The highest BCUT2D eigenvalue weighted by Gasteiger charge is 2.46. The molecule has 1 aliphatic heterocycles. The normalized spacial score (nSPS) is 16.2. The number of fused-ring (bicyclic) bond motifs is 1. The molecule has 33 heavy (non-hydrogen) atoms. The number of amides is 1. The first-order valence-corrected chi connectivity index (χ1v) is 11.0. The van der Waals surface area contributed by atoms with E-state index in [1.54, 1.807) is 55.5 Å². The van der Waals surface area contributed by atoms with Crippen molar-refractivity contribution in [3.05, 3.63) is 81.2 Å². The van der Waals surface area contributed by atoms with Crippen LogP contribution in [0.1, 0.15) is 27.2 Å². The summed E-state index contributed by atoms with van der Waals surface area (Å²) in [4.78, 5) is 28.0. The number of benzene rings is 2. The highest BCUT2D eigenvalue weighted by atomic mass is 35.5. The predicted molar refractivity (Wildman–Crippen MR) is 123 cm³/mol. The molecule has 0 saturated heterocycles. The molecular weight excluding hydrogens is 466 g/mol. The molecule has 10 heteroatoms. The lowest BCUT2D eigenvalue weighted by molar-refractivity contribution is -0.117. The smallest absolute Gasteiger partial charge is 0.296 e. The zero-order valence-electron chi connectivity index (χ0n) is 17.4. The molecule has 0 radical (unpaired) electrons. The van der Waals surface area contributed by atoms with E-state index in [0.717, 1.165) is 0 Å². The second-order valence-electron chi connectivity index (χ2n) is 7.31. The number of carbonyl (C=O) groups excluding carboxylic acids is 2. The van der Waals surface area contributed by atoms with Gasteiger partial charge in [-0.25, -0.2) is 0 Å². The molecule has 1 atom stereocenters. The third-order valence-corrected chi connectivity index (χ3v) is 6.40. The van der Waals surface area contributed by atoms with E-state index in [1.807, 2.05) is 0 Å². The zero-order chi connectivity index (χ0) is 23.3. The molecule has 8 nitrogen and oxygen atoms in total. The second-order valence-corrected chi connectivity index (χ2v) is 8.91. The molecule has 0 aliphatic carbocycles. The van der Waals surface area contributed by atoms with Gasteiger partial charge in [0.05, 0.1) is 18.7 Å². The quantitative estimate of drug-likeness (QED) is 0.398. The van der Waals surface area contributed by atoms with Crippen LogP contribution in [-0.2, 0) is 4.79 Å². The van der Waals surface area contributed by atoms with E-state index in [9.17, 15) is 14.7 Å². The van der Waals surface area contributed by atoms with Crippen molar-refractivity contribution in [1.82, 2.24) is 10.2 Å². The van der Waals surface area contributed by atoms with E-state index in [-0.39, 0.29) is 16.5 Å². The number of halogens is 1. The largest absolute Gasteiger partial charge is 0.503 e. The van der Waals surface area contributed by atoms with E-state index in [1.165, 1.54) is 23.3 Å². The van der Waals surface area contributed by atoms with Crippen molar-refractivity contribution in [2.24, 2.45) is 0 Å². The average Bonchev–Trinajstić information content (AvgIpc) is 3.50. The molecule has 1 amide bonds. The van der Waals surface area contributed by atoms with Crippen LogP contribution in [0, 0.1) is 6.92 Å². The number of ether oxygens (including phenoxy) is 1. The van der Waals surface area contributed by atoms with Crippen molar-refractivity contribution in [3.63, 3.8) is 0 Å². The van der Waals surface area contributed by atoms with E-state index >= 15 is 0 Å². The lowest BCUT2D eigenvalue weighted by Crippen LogP contribution is -2.31. The number of furan rings is 1. The van der Waals surface area contributed by atoms with Gasteiger partial charge < -0.3 is 14.3 Å². The summed E-state index contributed by atoms with van der Waals surface area (Å²) in [5.74, 6) is -1.60. The molecule has 1 N–H and O–H groups in total. The Bertz CT molecular complexity index is 1440. The van der Waals surface area contributed by atoms with Gasteiger partial charge in [-0.2, -0.15) is 0 Å². The molecule has 0 bridgehead atoms. The second kappa shape index (κ2) is 8.02. The molecule has 0 spiro atoms. The Morgan fingerprint density at radius 2 is 1.97 bits per heavy atom. The van der Waals surface area contributed by atoms with Gasteiger partial charge in [0.1, 0.15) is 5.01 Å². The van der Waals surface area contributed by atoms with Crippen LogP contribution in [0.4, 0.5) is 5.13 Å². The number of aryl methyl sites for hydroxylation is 1. The summed E-state index contributed by atoms with van der Waals surface area (Å²) < 4.78 is 11.1. The van der Waals surface area contributed by atoms with E-state index < -0.39 is 23.5 Å². The van der Waals surface area contributed by atoms with Crippen LogP contribution >= 0.6 is 22.9 Å². The van der Waals surface area contributed by atoms with E-state index in [0.29, 0.717) is 32.3 Å². The summed E-state index contributed by atoms with van der Waals surface area (Å²) in [5, 5.41) is 20.9. The maximum absolute atomic E-state index is 13.6. The number of para-hydroxylation sites is 1. The first-order valence-electron chi connectivity index (χ1n) is 9.82. The fraction of sp³-hybridized carbons (Fsp3) is 0.130. The SMILES string of the molecule is COc1cccc2cc(C(=O)C3=C(O)C(=O)N(c4nnc(C)s4)C3c3ccc(Cl)cc3)oc12. The fourth-order valence-corrected chi connectivity index (χ4v) is 4.66. The maximum Gasteiger partial charge on any atom is 0.296 e. The molecular formula is C23H16ClN3O5S. The Morgan fingerprint density at radius 3 is 2.64 bits per heavy atom. The zero-order valence-corrected chi connectivity index (χ0v) is 19.0. The summed E-state index contributed by atoms with van der Waals surface area (Å²) in [6.45, 7) is 1.75. The molecule has 2 aromatic heterocycles. The molecule has 0 saturated carbocycles. The third-order valence-electron chi connectivity index (χ3n) is 5.31. The number of aromatic nitrogens is 2. The minimum absolute atomic E-state index is 0.0295. The highest BCUT2D eigenvalue weighted by Crippen LogP contribution is 2.43. The number of ketones is 1. The van der Waals surface area contributed by atoms with Gasteiger partial charge >= 0.3 is 0 Å². The van der Waals surface area contributed by atoms with Crippen LogP contribution in [0.2, 0.25) is 5.02 Å². The monoisotopic (exact) mass is 481 g/mol. The molecule has 1 aliphatic rings. The first kappa shape index (κ1) is 21.2. The maximum atomic E-state index is 13.6. The van der Waals surface area contributed by atoms with Crippen LogP contribution in [0.3, 0.4) is 0 Å². The van der Waals surface area contributed by atoms with Crippen LogP contribution < -0.4 is 9.64 Å². The Balaban J connectivity index is 1.66. The van der Waals surface area contributed by atoms with Gasteiger partial charge in [0.25, 0.3) is 5.91 Å². The lowest BCUT2D eigenvalue weighted by Gasteiger charge is -2.23. The van der Waals surface area contributed by atoms with Gasteiger partial charge in [0.15, 0.2) is 22.9 Å². The Kier molecular flexibility index (Phi) is 5.15. The Labute approximate surface area is 196 Å². The van der Waals surface area contributed by atoms with Gasteiger partial charge in [0.2, 0.25) is 10.9 Å². The van der Waals surface area contributed by atoms with Crippen molar-refractivity contribution in [2.75, 3.05) is 12.0 Å². The highest BCUT2D eigenvalue weighted by molar-refractivity contribution is 7.15. The number of rotatable bonds is 5. The third kappa shape index (κ3) is 3.46. The summed E-state index contributed by atoms with van der Waals surface area (Å²) in [6, 6.07) is 12.6. The number of nitrogens with zero attached hydrogens (tertiary/aromatic N) is 3. The molecule has 3 heterocycles. The summed E-state index contributed by atoms with van der Waals surface area (Å²) in [7, 11) is 1.50. The topological polar surface area (TPSA) is 106 Å². The number of carbonyl (C=O) groups is 2. The van der Waals surface area contributed by atoms with Crippen LogP contribution in [-0.4, -0.2) is 34.1 Å². The number of methoxy groups -OCH3 is 1. The summed E-state index contributed by atoms with van der Waals surface area (Å²) in [5.41, 5.74) is 0.849. The van der Waals surface area contributed by atoms with Crippen LogP contribution in [0.15, 0.2) is 64.3 Å². The van der Waals surface area contributed by atoms with Crippen LogP contribution in [0.5, 0.6) is 5.75 Å². The van der Waals surface area contributed by atoms with Gasteiger partial charge in [-0.05, 0) is 36.8 Å². The summed E-state index contributed by atoms with van der Waals surface area (Å²) >= 11 is 7.22. The van der Waals surface area contributed by atoms with Crippen molar-refractivity contribution < 1.29 is 23.8 Å². The number of aliphatic hydroxyl groups excluding tert-OH is 1. The molecule has 4 aromatic rings. The minimum atomic E-state index is -0.940. The lowest BCUT2D eigenvalue weighted by atomic mass is 9.95. The van der Waals surface area contributed by atoms with Crippen molar-refractivity contribution in [3.8, 4) is 5.75 Å². The number of hydrogen-bond donors (Lipinski definition) is 1. The van der Waals surface area contributed by atoms with E-state index in [4.69, 9.17) is 20.8 Å². The van der Waals surface area contributed by atoms with Crippen molar-refractivity contribution in [1.29, 1.82) is 0 Å². The van der Waals surface area contributed by atoms with Crippen molar-refractivity contribution in [2.45, 2.75) is 13.0 Å². The predicted octanol–water partition coefficient (Wildman–Crippen LogP) is 5.04. The number of hydrogen-bond acceptors (Lipinski definition) is 8. The minimum Gasteiger partial charge on any atom is -0.503 e. The Morgan fingerprint density at radius 1 is 1.21 bits per heavy atom. The molecule has 5 rings (SSSR count).